The van der Waals surface area contributed by atoms with Gasteiger partial charge in [0.15, 0.2) is 50.3 Å². The smallest absolute Gasteiger partial charge is 0.217 e. The SMILES string of the molecule is CC(=O)NC1[C@@H](O[C@@H]2CO[C@@H](O[C@@H]3C(CO)O[C@H](O[C@@H]4CO[C@@H](O[C@@H]5C(CO)O[C@H](O[C@@H]6CO[C@@H](O[C@@H]7C(CO)O[C@@H](O[C@@H]8CO[C@@H](OCCCCCN)C(O)[C@@H]8O)C(NC(C)=O)[C@H]7O)C(O)[C@@H]6O)C(NC(C)=O)[C@H]5O)C(O)[C@@H]4O)C(NC(C)=O)[C@H]3O)C(O)[C@@H]2O)OC(CO)[C@@H](O)[C@@H]1O. The van der Waals surface area contributed by atoms with Gasteiger partial charge in [-0.25, -0.2) is 0 Å². The van der Waals surface area contributed by atoms with Gasteiger partial charge >= 0.3 is 0 Å². The third kappa shape index (κ3) is 19.5. The van der Waals surface area contributed by atoms with Crippen LogP contribution in [0.25, 0.3) is 0 Å². The first-order chi connectivity index (χ1) is 47.0. The zero-order valence-corrected chi connectivity index (χ0v) is 54.3. The Balaban J connectivity index is 0.853. The fourth-order valence-corrected chi connectivity index (χ4v) is 12.6. The summed E-state index contributed by atoms with van der Waals surface area (Å²) >= 11 is 0. The number of carbonyl (C=O) groups is 4. The molecule has 0 aliphatic carbocycles. The topological polar surface area (TPSA) is 634 Å². The van der Waals surface area contributed by atoms with Crippen LogP contribution in [0.1, 0.15) is 47.0 Å². The molecule has 0 aromatic heterocycles. The minimum absolute atomic E-state index is 0.195. The molecule has 8 rings (SSSR count). The second kappa shape index (κ2) is 37.0. The third-order valence-electron chi connectivity index (χ3n) is 17.9. The van der Waals surface area contributed by atoms with E-state index in [1.54, 1.807) is 0 Å². The molecule has 572 valence electrons. The number of aliphatic hydroxyl groups excluding tert-OH is 17. The summed E-state index contributed by atoms with van der Waals surface area (Å²) in [4.78, 5) is 49.6. The first-order valence-corrected chi connectivity index (χ1v) is 32.4. The molecule has 8 fully saturated rings. The van der Waals surface area contributed by atoms with Crippen molar-refractivity contribution >= 4 is 23.6 Å². The van der Waals surface area contributed by atoms with E-state index in [1.807, 2.05) is 0 Å². The summed E-state index contributed by atoms with van der Waals surface area (Å²) in [7, 11) is 0. The van der Waals surface area contributed by atoms with Crippen LogP contribution in [0.3, 0.4) is 0 Å². The Kier molecular flexibility index (Phi) is 30.3. The lowest BCUT2D eigenvalue weighted by molar-refractivity contribution is -0.371. The Bertz CT molecular complexity index is 2530. The van der Waals surface area contributed by atoms with Gasteiger partial charge in [-0.15, -0.1) is 0 Å². The van der Waals surface area contributed by atoms with E-state index in [-0.39, 0.29) is 13.2 Å². The Morgan fingerprint density at radius 1 is 0.333 bits per heavy atom. The molecule has 0 radical (unpaired) electrons. The predicted molar refractivity (Wildman–Crippen MR) is 313 cm³/mol. The highest BCUT2D eigenvalue weighted by molar-refractivity contribution is 5.74. The lowest BCUT2D eigenvalue weighted by Crippen LogP contribution is -2.69. The van der Waals surface area contributed by atoms with Crippen molar-refractivity contribution in [3.63, 3.8) is 0 Å². The van der Waals surface area contributed by atoms with E-state index in [9.17, 15) is 106 Å². The Morgan fingerprint density at radius 2 is 0.606 bits per heavy atom. The number of nitrogens with one attached hydrogen (secondary N) is 4. The van der Waals surface area contributed by atoms with Gasteiger partial charge in [-0.1, -0.05) is 0 Å². The Hall–Kier alpha value is -3.48. The second-order valence-electron chi connectivity index (χ2n) is 25.2. The quantitative estimate of drug-likeness (QED) is 0.0324. The van der Waals surface area contributed by atoms with Crippen LogP contribution in [0.5, 0.6) is 0 Å². The average Bonchev–Trinajstić information content (AvgIpc) is 0.788. The van der Waals surface area contributed by atoms with Crippen molar-refractivity contribution in [3.05, 3.63) is 0 Å². The molecule has 0 aromatic carbocycles. The van der Waals surface area contributed by atoms with Crippen molar-refractivity contribution < 1.29 is 182 Å². The Labute approximate surface area is 565 Å². The first kappa shape index (κ1) is 81.2. The number of rotatable bonds is 28. The zero-order valence-electron chi connectivity index (χ0n) is 54.3. The van der Waals surface area contributed by atoms with Gasteiger partial charge in [0.05, 0.1) is 52.9 Å². The molecule has 8 aliphatic heterocycles. The lowest BCUT2D eigenvalue weighted by atomic mass is 9.95. The number of ether oxygens (including phenoxy) is 16. The van der Waals surface area contributed by atoms with Crippen LogP contribution < -0.4 is 27.0 Å². The maximum Gasteiger partial charge on any atom is 0.217 e. The van der Waals surface area contributed by atoms with Crippen molar-refractivity contribution in [3.8, 4) is 0 Å². The monoisotopic (exact) mass is 1440 g/mol. The molecule has 8 aliphatic rings. The van der Waals surface area contributed by atoms with Gasteiger partial charge < -0.3 is 190 Å². The number of aliphatic hydroxyl groups is 17. The van der Waals surface area contributed by atoms with Crippen LogP contribution in [0.15, 0.2) is 0 Å². The maximum atomic E-state index is 12.7. The fourth-order valence-electron chi connectivity index (χ4n) is 12.6. The van der Waals surface area contributed by atoms with Gasteiger partial charge in [-0.05, 0) is 25.8 Å². The molecule has 0 saturated carbocycles. The summed E-state index contributed by atoms with van der Waals surface area (Å²) in [5.41, 5.74) is 5.53. The molecule has 8 saturated heterocycles. The maximum absolute atomic E-state index is 12.7. The van der Waals surface area contributed by atoms with Gasteiger partial charge in [0, 0.05) is 34.3 Å². The van der Waals surface area contributed by atoms with Crippen LogP contribution in [0.4, 0.5) is 0 Å². The Morgan fingerprint density at radius 3 is 0.889 bits per heavy atom. The van der Waals surface area contributed by atoms with Crippen LogP contribution in [-0.2, 0) is 95.0 Å². The van der Waals surface area contributed by atoms with Gasteiger partial charge in [-0.3, -0.25) is 19.2 Å². The van der Waals surface area contributed by atoms with E-state index in [1.165, 1.54) is 0 Å². The first-order valence-electron chi connectivity index (χ1n) is 32.4. The molecule has 8 heterocycles. The van der Waals surface area contributed by atoms with Gasteiger partial charge in [0.2, 0.25) is 23.6 Å². The molecule has 99 heavy (non-hydrogen) atoms. The molecule has 0 aromatic rings. The number of hydrogen-bond acceptors (Lipinski definition) is 38. The summed E-state index contributed by atoms with van der Waals surface area (Å²) in [6.45, 7) is -0.966. The van der Waals surface area contributed by atoms with E-state index in [4.69, 9.17) is 81.5 Å². The highest BCUT2D eigenvalue weighted by atomic mass is 16.8. The van der Waals surface area contributed by atoms with Gasteiger partial charge in [-0.2, -0.15) is 0 Å². The van der Waals surface area contributed by atoms with E-state index in [0.29, 0.717) is 13.0 Å². The van der Waals surface area contributed by atoms with Crippen molar-refractivity contribution in [2.75, 3.05) is 66.0 Å². The van der Waals surface area contributed by atoms with Crippen molar-refractivity contribution in [2.24, 2.45) is 5.73 Å². The summed E-state index contributed by atoms with van der Waals surface area (Å²) < 4.78 is 93.0. The van der Waals surface area contributed by atoms with E-state index in [0.717, 1.165) is 40.5 Å². The number of hydrogen-bond donors (Lipinski definition) is 22. The largest absolute Gasteiger partial charge is 0.394 e. The van der Waals surface area contributed by atoms with Crippen molar-refractivity contribution in [1.29, 1.82) is 0 Å². The number of carbonyl (C=O) groups excluding carboxylic acids is 4. The molecule has 23 N–H and O–H groups in total. The minimum atomic E-state index is -2.11. The van der Waals surface area contributed by atoms with Crippen molar-refractivity contribution in [1.82, 2.24) is 21.3 Å². The van der Waals surface area contributed by atoms with Gasteiger partial charge in [0.25, 0.3) is 0 Å². The molecular weight excluding hydrogens is 1350 g/mol. The lowest BCUT2D eigenvalue weighted by Gasteiger charge is -2.49. The predicted octanol–water partition coefficient (Wildman–Crippen LogP) is -14.2. The van der Waals surface area contributed by atoms with Crippen LogP contribution in [0, 0.1) is 0 Å². The van der Waals surface area contributed by atoms with Crippen LogP contribution in [0.2, 0.25) is 0 Å². The summed E-state index contributed by atoms with van der Waals surface area (Å²) in [5.74, 6) is -2.96. The molecule has 12 unspecified atom stereocenters. The number of amides is 4. The standard InChI is InChI=1S/C57H97N5O37/c1-18(67)59-30-39(76)34(71)22(10-63)89-50(30)93-27-15-86-55(44(81)36(27)73)97-48-24(12-65)91-52(32(41(48)78)61-20(3)69)95-29-17-88-57(46(83)38(29)75)99-49-25(13-66)92-53(33(42(49)79)62-21(4)70)96-28-16-87-56(45(82)37(28)74)98-47-23(11-64)90-51(31(40(47)77)60-19(2)68)94-26-14-85-54(43(80)35(26)72)84-9-7-5-6-8-58/h22-57,63-66,71-83H,5-17,58H2,1-4H3,(H,59,67)(H,60,68)(H,61,69)(H,62,70)/t22?,23?,24?,25?,26-,27-,28-,29-,30?,31?,32?,33?,34-,35-,36-,37-,38-,39-,40-,41-,42-,43?,44?,45?,46?,47-,48-,49-,50-,51+,52-,53-,54-,55+,56+,57+/m1/s1. The second-order valence-corrected chi connectivity index (χ2v) is 25.2. The number of unbranched alkanes of at least 4 members (excludes halogenated alkanes) is 2. The number of nitrogens with two attached hydrogens (primary N) is 1. The highest BCUT2D eigenvalue weighted by Crippen LogP contribution is 2.37. The van der Waals surface area contributed by atoms with E-state index in [2.05, 4.69) is 21.3 Å². The fraction of sp³-hybridized carbons (Fsp3) is 0.930. The van der Waals surface area contributed by atoms with E-state index >= 15 is 0 Å². The molecule has 4 amide bonds. The minimum Gasteiger partial charge on any atom is -0.394 e. The molecule has 42 nitrogen and oxygen atoms in total. The molecule has 42 heteroatoms. The average molecular weight is 1440 g/mol. The van der Waals surface area contributed by atoms with Gasteiger partial charge in [0.1, 0.15) is 171 Å². The van der Waals surface area contributed by atoms with Crippen LogP contribution >= 0.6 is 0 Å². The molecule has 36 atom stereocenters. The summed E-state index contributed by atoms with van der Waals surface area (Å²) in [6, 6.07) is -6.26. The van der Waals surface area contributed by atoms with Crippen LogP contribution in [-0.4, -0.2) is 397 Å². The highest BCUT2D eigenvalue weighted by Gasteiger charge is 2.58. The zero-order chi connectivity index (χ0) is 72.4. The molecule has 0 bridgehead atoms. The summed E-state index contributed by atoms with van der Waals surface area (Å²) in [5, 5.41) is 197. The normalized spacial score (nSPS) is 46.0. The molecule has 0 spiro atoms. The third-order valence-corrected chi connectivity index (χ3v) is 17.9. The summed E-state index contributed by atoms with van der Waals surface area (Å²) in [6.07, 6.45) is -53.3. The van der Waals surface area contributed by atoms with E-state index < -0.39 is 291 Å². The molecular formula is C57H97N5O37. The van der Waals surface area contributed by atoms with Crippen molar-refractivity contribution in [2.45, 2.75) is 268 Å².